The van der Waals surface area contributed by atoms with Crippen molar-refractivity contribution in [3.63, 3.8) is 0 Å². The van der Waals surface area contributed by atoms with Crippen molar-refractivity contribution in [2.45, 2.75) is 24.7 Å². The predicted octanol–water partition coefficient (Wildman–Crippen LogP) is 3.99. The molecule has 210 valence electrons. The smallest absolute Gasteiger partial charge is 0.336 e. The number of esters is 2. The van der Waals surface area contributed by atoms with Crippen LogP contribution in [0.2, 0.25) is 15.2 Å². The van der Waals surface area contributed by atoms with Gasteiger partial charge in [0.05, 0.1) is 59.7 Å². The molecule has 0 aliphatic carbocycles. The zero-order chi connectivity index (χ0) is 28.7. The van der Waals surface area contributed by atoms with Crippen molar-refractivity contribution in [3.05, 3.63) is 79.8 Å². The molecule has 0 amide bonds. The molecule has 2 aromatic rings. The minimum Gasteiger partial charge on any atom is -0.466 e. The molecular weight excluding hydrogens is 593 g/mol. The van der Waals surface area contributed by atoms with E-state index in [0.29, 0.717) is 17.0 Å². The van der Waals surface area contributed by atoms with Crippen LogP contribution in [0.15, 0.2) is 64.0 Å². The number of rotatable bonds is 11. The Bertz CT molecular complexity index is 1410. The number of dihydropyridines is 1. The van der Waals surface area contributed by atoms with Gasteiger partial charge in [-0.3, -0.25) is 0 Å². The molecule has 1 aromatic heterocycles. The predicted molar refractivity (Wildman–Crippen MR) is 146 cm³/mol. The van der Waals surface area contributed by atoms with Gasteiger partial charge in [-0.1, -0.05) is 46.9 Å². The highest BCUT2D eigenvalue weighted by Gasteiger charge is 2.40. The number of carbonyl (C=O) groups excluding carboxylic acids is 2. The average molecular weight is 619 g/mol. The molecule has 1 unspecified atom stereocenters. The summed E-state index contributed by atoms with van der Waals surface area (Å²) in [7, 11) is -2.61. The molecule has 39 heavy (non-hydrogen) atoms. The van der Waals surface area contributed by atoms with Crippen LogP contribution >= 0.6 is 34.8 Å². The van der Waals surface area contributed by atoms with E-state index < -0.39 is 27.9 Å². The highest BCUT2D eigenvalue weighted by molar-refractivity contribution is 7.89. The molecule has 0 radical (unpaired) electrons. The van der Waals surface area contributed by atoms with Crippen LogP contribution in [0.1, 0.15) is 25.3 Å². The zero-order valence-electron chi connectivity index (χ0n) is 21.2. The van der Waals surface area contributed by atoms with Crippen LogP contribution in [0.3, 0.4) is 0 Å². The molecule has 0 saturated heterocycles. The van der Waals surface area contributed by atoms with Gasteiger partial charge in [0.2, 0.25) is 10.0 Å². The second-order valence-electron chi connectivity index (χ2n) is 8.11. The lowest BCUT2D eigenvalue weighted by molar-refractivity contribution is -0.139. The summed E-state index contributed by atoms with van der Waals surface area (Å²) in [5, 5.41) is 3.60. The summed E-state index contributed by atoms with van der Waals surface area (Å²) < 4.78 is 43.3. The van der Waals surface area contributed by atoms with E-state index in [4.69, 9.17) is 49.0 Å². The lowest BCUT2D eigenvalue weighted by Crippen LogP contribution is -2.35. The Labute approximate surface area is 241 Å². The molecule has 1 aliphatic heterocycles. The summed E-state index contributed by atoms with van der Waals surface area (Å²) >= 11 is 18.5. The molecular formula is C25H26Cl3N3O7S. The van der Waals surface area contributed by atoms with E-state index in [-0.39, 0.29) is 57.6 Å². The van der Waals surface area contributed by atoms with Crippen molar-refractivity contribution in [2.75, 3.05) is 33.5 Å². The van der Waals surface area contributed by atoms with E-state index in [2.05, 4.69) is 15.0 Å². The second-order valence-corrected chi connectivity index (χ2v) is 11.1. The number of sulfonamides is 1. The van der Waals surface area contributed by atoms with E-state index in [1.807, 2.05) is 0 Å². The Morgan fingerprint density at radius 3 is 2.49 bits per heavy atom. The molecule has 0 saturated carbocycles. The summed E-state index contributed by atoms with van der Waals surface area (Å²) in [6, 6.07) is 7.58. The Balaban J connectivity index is 1.88. The lowest BCUT2D eigenvalue weighted by atomic mass is 9.80. The average Bonchev–Trinajstić information content (AvgIpc) is 2.89. The van der Waals surface area contributed by atoms with Gasteiger partial charge < -0.3 is 19.5 Å². The number of pyridine rings is 1. The summed E-state index contributed by atoms with van der Waals surface area (Å²) in [4.78, 5) is 29.8. The first kappa shape index (κ1) is 30.9. The monoisotopic (exact) mass is 617 g/mol. The standard InChI is InChI=1S/C25H26Cl3N3O7S/c1-4-38-25(33)22-18(13-37-11-10-30-39(34,35)15-8-9-19(27)29-12-15)31-14(2)20(24(32)36-3)21(22)16-6-5-7-17(26)23(16)28/h5-9,12,21,30-31H,4,10-11,13H2,1-3H3. The number of nitrogens with one attached hydrogen (secondary N) is 2. The first-order valence-electron chi connectivity index (χ1n) is 11.6. The van der Waals surface area contributed by atoms with Crippen LogP contribution in [-0.2, 0) is 33.8 Å². The summed E-state index contributed by atoms with van der Waals surface area (Å²) in [5.74, 6) is -2.35. The number of nitrogens with zero attached hydrogens (tertiary/aromatic N) is 1. The van der Waals surface area contributed by atoms with Crippen molar-refractivity contribution in [2.24, 2.45) is 0 Å². The molecule has 1 aliphatic rings. The van der Waals surface area contributed by atoms with Crippen molar-refractivity contribution in [1.82, 2.24) is 15.0 Å². The van der Waals surface area contributed by atoms with Gasteiger partial charge in [-0.15, -0.1) is 0 Å². The Morgan fingerprint density at radius 2 is 1.85 bits per heavy atom. The molecule has 10 nitrogen and oxygen atoms in total. The van der Waals surface area contributed by atoms with Crippen molar-refractivity contribution in [1.29, 1.82) is 0 Å². The third-order valence-corrected chi connectivity index (χ3v) is 8.14. The highest BCUT2D eigenvalue weighted by atomic mass is 35.5. The third-order valence-electron chi connectivity index (χ3n) is 5.63. The second kappa shape index (κ2) is 13.6. The van der Waals surface area contributed by atoms with Crippen LogP contribution < -0.4 is 10.0 Å². The molecule has 0 spiro atoms. The van der Waals surface area contributed by atoms with Crippen molar-refractivity contribution >= 4 is 56.8 Å². The number of hydrogen-bond donors (Lipinski definition) is 2. The largest absolute Gasteiger partial charge is 0.466 e. The van der Waals surface area contributed by atoms with E-state index in [1.54, 1.807) is 32.0 Å². The molecule has 2 heterocycles. The van der Waals surface area contributed by atoms with Crippen molar-refractivity contribution < 1.29 is 32.2 Å². The fraction of sp³-hybridized carbons (Fsp3) is 0.320. The van der Waals surface area contributed by atoms with E-state index in [0.717, 1.165) is 6.20 Å². The van der Waals surface area contributed by atoms with Gasteiger partial charge in [0.1, 0.15) is 10.0 Å². The maximum atomic E-state index is 13.2. The van der Waals surface area contributed by atoms with Gasteiger partial charge in [0.15, 0.2) is 0 Å². The number of carbonyl (C=O) groups is 2. The first-order valence-corrected chi connectivity index (χ1v) is 14.2. The number of aromatic nitrogens is 1. The number of methoxy groups -OCH3 is 1. The lowest BCUT2D eigenvalue weighted by Gasteiger charge is -2.31. The molecule has 0 bridgehead atoms. The van der Waals surface area contributed by atoms with Gasteiger partial charge in [0.25, 0.3) is 0 Å². The molecule has 1 aromatic carbocycles. The molecule has 2 N–H and O–H groups in total. The normalized spacial score (nSPS) is 15.7. The Hall–Kier alpha value is -2.67. The number of hydrogen-bond acceptors (Lipinski definition) is 9. The summed E-state index contributed by atoms with van der Waals surface area (Å²) in [5.41, 5.74) is 1.35. The van der Waals surface area contributed by atoms with Crippen LogP contribution in [-0.4, -0.2) is 58.8 Å². The third kappa shape index (κ3) is 7.30. The van der Waals surface area contributed by atoms with Crippen LogP contribution in [0, 0.1) is 0 Å². The maximum absolute atomic E-state index is 13.2. The van der Waals surface area contributed by atoms with Crippen LogP contribution in [0.25, 0.3) is 0 Å². The summed E-state index contributed by atoms with van der Waals surface area (Å²) in [6.07, 6.45) is 1.14. The van der Waals surface area contributed by atoms with Gasteiger partial charge >= 0.3 is 11.9 Å². The fourth-order valence-corrected chi connectivity index (χ4v) is 5.41. The number of halogens is 3. The molecule has 3 rings (SSSR count). The van der Waals surface area contributed by atoms with Crippen molar-refractivity contribution in [3.8, 4) is 0 Å². The van der Waals surface area contributed by atoms with Gasteiger partial charge in [-0.05, 0) is 37.6 Å². The van der Waals surface area contributed by atoms with Gasteiger partial charge in [0, 0.05) is 18.4 Å². The number of benzene rings is 1. The van der Waals surface area contributed by atoms with Crippen LogP contribution in [0.5, 0.6) is 0 Å². The maximum Gasteiger partial charge on any atom is 0.336 e. The zero-order valence-corrected chi connectivity index (χ0v) is 24.3. The van der Waals surface area contributed by atoms with Gasteiger partial charge in [-0.2, -0.15) is 0 Å². The molecule has 0 fully saturated rings. The quantitative estimate of drug-likeness (QED) is 0.218. The first-order chi connectivity index (χ1) is 18.5. The Morgan fingerprint density at radius 1 is 1.10 bits per heavy atom. The topological polar surface area (TPSA) is 133 Å². The fourth-order valence-electron chi connectivity index (χ4n) is 3.92. The number of ether oxygens (including phenoxy) is 3. The minimum absolute atomic E-state index is 0.0449. The van der Waals surface area contributed by atoms with E-state index in [1.165, 1.54) is 19.2 Å². The SMILES string of the molecule is CCOC(=O)C1=C(COCCNS(=O)(=O)c2ccc(Cl)nc2)NC(C)=C(C(=O)OC)C1c1cccc(Cl)c1Cl. The Kier molecular flexibility index (Phi) is 10.8. The summed E-state index contributed by atoms with van der Waals surface area (Å²) in [6.45, 7) is 3.11. The molecule has 1 atom stereocenters. The molecule has 14 heteroatoms. The van der Waals surface area contributed by atoms with E-state index in [9.17, 15) is 18.0 Å². The highest BCUT2D eigenvalue weighted by Crippen LogP contribution is 2.43. The van der Waals surface area contributed by atoms with Gasteiger partial charge in [-0.25, -0.2) is 27.7 Å². The van der Waals surface area contributed by atoms with Crippen LogP contribution in [0.4, 0.5) is 0 Å². The number of allylic oxidation sites excluding steroid dienone is 1. The van der Waals surface area contributed by atoms with E-state index >= 15 is 0 Å². The minimum atomic E-state index is -3.83.